The van der Waals surface area contributed by atoms with Crippen molar-refractivity contribution in [3.63, 3.8) is 0 Å². The minimum Gasteiger partial charge on any atom is -0.478 e. The number of benzene rings is 1. The molecule has 1 aromatic heterocycles. The van der Waals surface area contributed by atoms with Crippen LogP contribution in [0.4, 0.5) is 0 Å². The molecule has 0 amide bonds. The molecule has 2 rings (SSSR count). The molecule has 0 bridgehead atoms. The van der Waals surface area contributed by atoms with E-state index in [1.165, 1.54) is 6.07 Å². The molecule has 7 nitrogen and oxygen atoms in total. The van der Waals surface area contributed by atoms with Crippen LogP contribution in [0.3, 0.4) is 0 Å². The summed E-state index contributed by atoms with van der Waals surface area (Å²) in [5.41, 5.74) is 1.28. The van der Waals surface area contributed by atoms with Crippen molar-refractivity contribution in [3.8, 4) is 0 Å². The van der Waals surface area contributed by atoms with Gasteiger partial charge in [0, 0.05) is 19.5 Å². The predicted molar refractivity (Wildman–Crippen MR) is 78.9 cm³/mol. The fourth-order valence-corrected chi connectivity index (χ4v) is 2.69. The molecule has 0 saturated heterocycles. The van der Waals surface area contributed by atoms with Gasteiger partial charge in [-0.3, -0.25) is 0 Å². The first-order valence-electron chi connectivity index (χ1n) is 6.49. The zero-order chi connectivity index (χ0) is 15.6. The average Bonchev–Trinajstić information content (AvgIpc) is 2.75. The summed E-state index contributed by atoms with van der Waals surface area (Å²) in [5.74, 6) is -0.295. The van der Waals surface area contributed by atoms with E-state index in [-0.39, 0.29) is 12.1 Å². The Morgan fingerprint density at radius 2 is 2.14 bits per heavy atom. The zero-order valence-corrected chi connectivity index (χ0v) is 12.6. The number of aromatic carboxylic acids is 1. The number of nitrogens with zero attached hydrogens (tertiary/aromatic N) is 2. The lowest BCUT2D eigenvalue weighted by Crippen LogP contribution is -2.26. The maximum Gasteiger partial charge on any atom is 0.337 e. The van der Waals surface area contributed by atoms with Gasteiger partial charge in [-0.15, -0.1) is 0 Å². The van der Waals surface area contributed by atoms with Crippen molar-refractivity contribution in [2.75, 3.05) is 12.8 Å². The fraction of sp³-hybridized carbons (Fsp3) is 0.385. The molecule has 0 radical (unpaired) electrons. The molecule has 0 aliphatic rings. The molecule has 8 heteroatoms. The molecule has 0 aliphatic heterocycles. The highest BCUT2D eigenvalue weighted by Crippen LogP contribution is 2.20. The van der Waals surface area contributed by atoms with E-state index in [4.69, 9.17) is 0 Å². The molecule has 21 heavy (non-hydrogen) atoms. The summed E-state index contributed by atoms with van der Waals surface area (Å²) >= 11 is 0. The summed E-state index contributed by atoms with van der Waals surface area (Å²) in [6.07, 6.45) is 1.73. The molecule has 0 fully saturated rings. The normalized spacial score (nSPS) is 11.9. The average molecular weight is 311 g/mol. The van der Waals surface area contributed by atoms with Crippen LogP contribution in [-0.4, -0.2) is 41.8 Å². The van der Waals surface area contributed by atoms with E-state index < -0.39 is 16.0 Å². The van der Waals surface area contributed by atoms with Gasteiger partial charge in [0.2, 0.25) is 10.0 Å². The van der Waals surface area contributed by atoms with Gasteiger partial charge in [0.25, 0.3) is 0 Å². The molecule has 0 atom stereocenters. The van der Waals surface area contributed by atoms with Gasteiger partial charge in [-0.25, -0.2) is 22.9 Å². The number of aromatic nitrogens is 2. The number of imidazole rings is 1. The number of para-hydroxylation sites is 1. The van der Waals surface area contributed by atoms with Crippen molar-refractivity contribution in [2.24, 2.45) is 0 Å². The van der Waals surface area contributed by atoms with Crippen molar-refractivity contribution in [1.29, 1.82) is 0 Å². The number of hydrogen-bond donors (Lipinski definition) is 2. The number of carbonyl (C=O) groups is 1. The quantitative estimate of drug-likeness (QED) is 0.823. The Hall–Kier alpha value is -1.93. The number of fused-ring (bicyclic) bond motifs is 1. The van der Waals surface area contributed by atoms with Crippen LogP contribution >= 0.6 is 0 Å². The highest BCUT2D eigenvalue weighted by atomic mass is 32.2. The van der Waals surface area contributed by atoms with Crippen LogP contribution in [0.1, 0.15) is 23.1 Å². The van der Waals surface area contributed by atoms with Gasteiger partial charge >= 0.3 is 5.97 Å². The number of hydrogen-bond acceptors (Lipinski definition) is 4. The van der Waals surface area contributed by atoms with Crippen LogP contribution in [0.5, 0.6) is 0 Å². The van der Waals surface area contributed by atoms with E-state index in [1.807, 2.05) is 11.5 Å². The Morgan fingerprint density at radius 1 is 1.43 bits per heavy atom. The first kappa shape index (κ1) is 15.5. The molecule has 0 unspecified atom stereocenters. The van der Waals surface area contributed by atoms with Gasteiger partial charge < -0.3 is 9.67 Å². The molecule has 0 saturated carbocycles. The summed E-state index contributed by atoms with van der Waals surface area (Å²) in [7, 11) is -3.25. The summed E-state index contributed by atoms with van der Waals surface area (Å²) in [6, 6.07) is 4.96. The van der Waals surface area contributed by atoms with E-state index in [9.17, 15) is 18.3 Å². The van der Waals surface area contributed by atoms with Crippen molar-refractivity contribution < 1.29 is 18.3 Å². The van der Waals surface area contributed by atoms with Crippen LogP contribution in [-0.2, 0) is 23.0 Å². The minimum absolute atomic E-state index is 0.150. The number of sulfonamides is 1. The Labute approximate surface area is 122 Å². The molecule has 2 aromatic rings. The van der Waals surface area contributed by atoms with Gasteiger partial charge in [0.15, 0.2) is 0 Å². The standard InChI is InChI=1S/C13H17N3O4S/c1-3-11-15-12-9(13(17)18)5-4-6-10(12)16(11)8-7-14-21(2,19)20/h4-6,14H,3,7-8H2,1-2H3,(H,17,18). The summed E-state index contributed by atoms with van der Waals surface area (Å²) < 4.78 is 26.5. The highest BCUT2D eigenvalue weighted by molar-refractivity contribution is 7.88. The first-order chi connectivity index (χ1) is 9.83. The van der Waals surface area contributed by atoms with Crippen LogP contribution in [0.2, 0.25) is 0 Å². The topological polar surface area (TPSA) is 101 Å². The zero-order valence-electron chi connectivity index (χ0n) is 11.8. The largest absolute Gasteiger partial charge is 0.478 e. The van der Waals surface area contributed by atoms with Crippen molar-refractivity contribution in [2.45, 2.75) is 19.9 Å². The van der Waals surface area contributed by atoms with E-state index in [1.54, 1.807) is 12.1 Å². The second-order valence-corrected chi connectivity index (χ2v) is 6.51. The third-order valence-electron chi connectivity index (χ3n) is 3.10. The van der Waals surface area contributed by atoms with Gasteiger partial charge in [-0.05, 0) is 12.1 Å². The Morgan fingerprint density at radius 3 is 2.71 bits per heavy atom. The SMILES string of the molecule is CCc1nc2c(C(=O)O)cccc2n1CCNS(C)(=O)=O. The van der Waals surface area contributed by atoms with Crippen LogP contribution < -0.4 is 4.72 Å². The third-order valence-corrected chi connectivity index (χ3v) is 3.83. The predicted octanol–water partition coefficient (Wildman–Crippen LogP) is 0.846. The van der Waals surface area contributed by atoms with Crippen molar-refractivity contribution in [3.05, 3.63) is 29.6 Å². The number of nitrogens with one attached hydrogen (secondary N) is 1. The van der Waals surface area contributed by atoms with Crippen molar-refractivity contribution >= 4 is 27.0 Å². The van der Waals surface area contributed by atoms with Gasteiger partial charge in [-0.2, -0.15) is 0 Å². The second kappa shape index (κ2) is 5.82. The number of rotatable bonds is 6. The fourth-order valence-electron chi connectivity index (χ4n) is 2.23. The molecule has 0 spiro atoms. The van der Waals surface area contributed by atoms with E-state index in [2.05, 4.69) is 9.71 Å². The Balaban J connectivity index is 2.42. The highest BCUT2D eigenvalue weighted by Gasteiger charge is 2.16. The molecular formula is C13H17N3O4S. The lowest BCUT2D eigenvalue weighted by molar-refractivity contribution is 0.0699. The number of carboxylic acid groups (broad SMARTS) is 1. The van der Waals surface area contributed by atoms with Crippen LogP contribution in [0.25, 0.3) is 11.0 Å². The molecule has 1 aromatic carbocycles. The van der Waals surface area contributed by atoms with E-state index in [0.717, 1.165) is 12.1 Å². The van der Waals surface area contributed by atoms with E-state index >= 15 is 0 Å². The van der Waals surface area contributed by atoms with Gasteiger partial charge in [-0.1, -0.05) is 13.0 Å². The smallest absolute Gasteiger partial charge is 0.337 e. The number of carboxylic acids is 1. The summed E-state index contributed by atoms with van der Waals surface area (Å²) in [6.45, 7) is 2.55. The maximum absolute atomic E-state index is 11.2. The maximum atomic E-state index is 11.2. The molecule has 114 valence electrons. The van der Waals surface area contributed by atoms with Crippen molar-refractivity contribution in [1.82, 2.24) is 14.3 Å². The van der Waals surface area contributed by atoms with Gasteiger partial charge in [0.05, 0.1) is 17.3 Å². The summed E-state index contributed by atoms with van der Waals surface area (Å²) in [4.78, 5) is 15.6. The molecule has 0 aliphatic carbocycles. The molecule has 2 N–H and O–H groups in total. The number of aryl methyl sites for hydroxylation is 1. The molecule has 1 heterocycles. The van der Waals surface area contributed by atoms with E-state index in [0.29, 0.717) is 24.0 Å². The van der Waals surface area contributed by atoms with Gasteiger partial charge in [0.1, 0.15) is 11.3 Å². The molecular weight excluding hydrogens is 294 g/mol. The monoisotopic (exact) mass is 311 g/mol. The second-order valence-electron chi connectivity index (χ2n) is 4.68. The van der Waals surface area contributed by atoms with Crippen LogP contribution in [0.15, 0.2) is 18.2 Å². The minimum atomic E-state index is -3.25. The third kappa shape index (κ3) is 3.40. The van der Waals surface area contributed by atoms with Crippen LogP contribution in [0, 0.1) is 0 Å². The summed E-state index contributed by atoms with van der Waals surface area (Å²) in [5, 5.41) is 9.20. The lowest BCUT2D eigenvalue weighted by atomic mass is 10.2. The first-order valence-corrected chi connectivity index (χ1v) is 8.38. The Bertz CT molecular complexity index is 780. The Kier molecular flexibility index (Phi) is 4.29. The lowest BCUT2D eigenvalue weighted by Gasteiger charge is -2.08.